The molecule has 0 aromatic heterocycles. The van der Waals surface area contributed by atoms with E-state index in [4.69, 9.17) is 0 Å². The molecular weight excluding hydrogens is 518 g/mol. The zero-order chi connectivity index (χ0) is 21.3. The number of hydrogen-bond donors (Lipinski definition) is 0. The molecule has 0 aliphatic carbocycles. The van der Waals surface area contributed by atoms with Crippen LogP contribution in [0.1, 0.15) is 93.4 Å². The third-order valence-corrected chi connectivity index (χ3v) is 3.69. The van der Waals surface area contributed by atoms with Crippen LogP contribution in [0.25, 0.3) is 10.6 Å². The van der Waals surface area contributed by atoms with Crippen molar-refractivity contribution in [3.05, 3.63) is 10.6 Å². The summed E-state index contributed by atoms with van der Waals surface area (Å²) in [6.45, 7) is 17.9. The number of rotatable bonds is 4. The molecule has 5 nitrogen and oxygen atoms in total. The van der Waals surface area contributed by atoms with Gasteiger partial charge in [-0.1, -0.05) is 66.7 Å². The van der Waals surface area contributed by atoms with Gasteiger partial charge in [-0.25, -0.2) is 0 Å². The van der Waals surface area contributed by atoms with Gasteiger partial charge in [-0.3, -0.25) is 4.79 Å². The van der Waals surface area contributed by atoms with Crippen molar-refractivity contribution in [2.24, 2.45) is 5.92 Å². The molecule has 2 aliphatic rings. The van der Waals surface area contributed by atoms with Crippen molar-refractivity contribution < 1.29 is 79.7 Å². The maximum Gasteiger partial charge on any atom is 0.305 e. The average Bonchev–Trinajstić information content (AvgIpc) is 2.74. The molecule has 2 aliphatic heterocycles. The molecule has 0 unspecified atom stereocenters. The van der Waals surface area contributed by atoms with E-state index in [1.165, 1.54) is 19.3 Å². The molecule has 7 heteroatoms. The van der Waals surface area contributed by atoms with E-state index in [0.717, 1.165) is 45.4 Å². The van der Waals surface area contributed by atoms with Crippen LogP contribution in [-0.4, -0.2) is 44.5 Å². The van der Waals surface area contributed by atoms with Gasteiger partial charge in [0.25, 0.3) is 0 Å². The molecule has 0 N–H and O–H groups in total. The number of ketones is 1. The maximum absolute atomic E-state index is 10.7. The Labute approximate surface area is 232 Å². The zero-order valence-corrected chi connectivity index (χ0v) is 26.0. The van der Waals surface area contributed by atoms with Crippen LogP contribution < -0.4 is 0 Å². The van der Waals surface area contributed by atoms with Crippen LogP contribution in [0.3, 0.4) is 0 Å². The summed E-state index contributed by atoms with van der Waals surface area (Å²) in [5, 5.41) is 8.40. The predicted octanol–water partition coefficient (Wildman–Crippen LogP) is 6.30. The van der Waals surface area contributed by atoms with Crippen molar-refractivity contribution in [1.82, 2.24) is 0 Å². The van der Waals surface area contributed by atoms with Gasteiger partial charge in [-0.05, 0) is 19.8 Å². The van der Waals surface area contributed by atoms with Crippen LogP contribution in [0, 0.1) is 5.92 Å². The van der Waals surface area contributed by atoms with E-state index < -0.39 is 0 Å². The fourth-order valence-electron chi connectivity index (χ4n) is 2.41. The number of piperidine rings is 2. The van der Waals surface area contributed by atoms with Gasteiger partial charge in [0.15, 0.2) is 0 Å². The molecule has 2 fully saturated rings. The van der Waals surface area contributed by atoms with E-state index in [9.17, 15) is 9.59 Å². The summed E-state index contributed by atoms with van der Waals surface area (Å²) in [7, 11) is 0. The standard InChI is InChI=1S/C8H14NO.C5H10N.C5H10O2.2C2H6.2Y/c1-7(10)6-8-2-4-9-5-3-8;1-2-4-6-5-3-1;1-3-5(6)7-4-2;2*1-2;;/h8H,2-6H2,1H3;1-5H2;3-4H2,1-2H3;2*1-2H3;;/q2*-1;;;;;. The molecule has 0 aromatic rings. The first-order valence-corrected chi connectivity index (χ1v) is 11.0. The summed E-state index contributed by atoms with van der Waals surface area (Å²) in [5.74, 6) is 0.837. The van der Waals surface area contributed by atoms with Crippen molar-refractivity contribution in [2.45, 2.75) is 93.4 Å². The van der Waals surface area contributed by atoms with Crippen molar-refractivity contribution in [3.63, 3.8) is 0 Å². The monoisotopic (exact) mass is 564 g/mol. The Hall–Kier alpha value is 1.27. The van der Waals surface area contributed by atoms with Crippen molar-refractivity contribution in [3.8, 4) is 0 Å². The smallest absolute Gasteiger partial charge is 0.305 e. The Morgan fingerprint density at radius 1 is 0.828 bits per heavy atom. The zero-order valence-electron chi connectivity index (χ0n) is 20.3. The second-order valence-electron chi connectivity index (χ2n) is 5.91. The van der Waals surface area contributed by atoms with Crippen molar-refractivity contribution >= 4 is 11.8 Å². The summed E-state index contributed by atoms with van der Waals surface area (Å²) in [6, 6.07) is 0. The number of nitrogens with zero attached hydrogens (tertiary/aromatic N) is 2. The number of carbonyl (C=O) groups excluding carboxylic acids is 2. The Kier molecular flexibility index (Phi) is 51.3. The number of hydrogen-bond acceptors (Lipinski definition) is 3. The molecule has 2 radical (unpaired) electrons. The van der Waals surface area contributed by atoms with E-state index in [0.29, 0.717) is 24.7 Å². The van der Waals surface area contributed by atoms with Crippen LogP contribution >= 0.6 is 0 Å². The number of carbonyl (C=O) groups is 2. The first-order chi connectivity index (χ1) is 13.1. The molecule has 0 atom stereocenters. The summed E-state index contributed by atoms with van der Waals surface area (Å²) in [4.78, 5) is 20.9. The minimum Gasteiger partial charge on any atom is -0.662 e. The summed E-state index contributed by atoms with van der Waals surface area (Å²) >= 11 is 0. The molecule has 0 amide bonds. The van der Waals surface area contributed by atoms with Crippen LogP contribution in [0.4, 0.5) is 0 Å². The topological polar surface area (TPSA) is 71.6 Å². The number of ether oxygens (including phenoxy) is 1. The first kappa shape index (κ1) is 40.6. The molecule has 2 rings (SSSR count). The van der Waals surface area contributed by atoms with Gasteiger partial charge in [0, 0.05) is 78.3 Å². The molecule has 0 bridgehead atoms. The van der Waals surface area contributed by atoms with Crippen LogP contribution in [0.2, 0.25) is 0 Å². The molecule has 0 saturated carbocycles. The van der Waals surface area contributed by atoms with Gasteiger partial charge in [0.05, 0.1) is 6.61 Å². The third-order valence-electron chi connectivity index (χ3n) is 3.69. The molecule has 2 heterocycles. The number of esters is 1. The predicted molar refractivity (Wildman–Crippen MR) is 118 cm³/mol. The number of Topliss-reactive ketones (excluding diaryl/α,β-unsaturated/α-hetero) is 1. The first-order valence-electron chi connectivity index (χ1n) is 11.0. The Morgan fingerprint density at radius 2 is 1.28 bits per heavy atom. The molecule has 170 valence electrons. The van der Waals surface area contributed by atoms with E-state index >= 15 is 0 Å². The maximum atomic E-state index is 10.7. The second kappa shape index (κ2) is 36.6. The van der Waals surface area contributed by atoms with Crippen LogP contribution in [0.5, 0.6) is 0 Å². The minimum atomic E-state index is -0.123. The minimum absolute atomic E-state index is 0. The summed E-state index contributed by atoms with van der Waals surface area (Å²) in [5.41, 5.74) is 0. The van der Waals surface area contributed by atoms with E-state index in [-0.39, 0.29) is 71.4 Å². The third kappa shape index (κ3) is 37.0. The van der Waals surface area contributed by atoms with Gasteiger partial charge in [-0.15, -0.1) is 26.2 Å². The van der Waals surface area contributed by atoms with Gasteiger partial charge in [0.1, 0.15) is 5.78 Å². The Bertz CT molecular complexity index is 299. The van der Waals surface area contributed by atoms with Crippen molar-refractivity contribution in [2.75, 3.05) is 32.8 Å². The largest absolute Gasteiger partial charge is 0.662 e. The summed E-state index contributed by atoms with van der Waals surface area (Å²) in [6.07, 6.45) is 7.58. The fraction of sp³-hybridized carbons (Fsp3) is 0.909. The summed E-state index contributed by atoms with van der Waals surface area (Å²) < 4.78 is 4.55. The molecule has 29 heavy (non-hydrogen) atoms. The van der Waals surface area contributed by atoms with Crippen molar-refractivity contribution in [1.29, 1.82) is 0 Å². The van der Waals surface area contributed by atoms with Crippen LogP contribution in [-0.2, 0) is 79.7 Å². The van der Waals surface area contributed by atoms with Gasteiger partial charge < -0.3 is 20.2 Å². The molecule has 0 aromatic carbocycles. The Balaban J connectivity index is -0.0000000907. The molecule has 0 spiro atoms. The molecule has 2 saturated heterocycles. The second-order valence-corrected chi connectivity index (χ2v) is 5.91. The van der Waals surface area contributed by atoms with E-state index in [2.05, 4.69) is 15.4 Å². The molecular formula is C22H46N2O3Y2-2. The normalized spacial score (nSPS) is 14.6. The average molecular weight is 564 g/mol. The van der Waals surface area contributed by atoms with E-state index in [1.54, 1.807) is 20.8 Å². The van der Waals surface area contributed by atoms with Gasteiger partial charge >= 0.3 is 5.97 Å². The van der Waals surface area contributed by atoms with Gasteiger partial charge in [0.2, 0.25) is 0 Å². The quantitative estimate of drug-likeness (QED) is 0.377. The fourth-order valence-corrected chi connectivity index (χ4v) is 2.41. The Morgan fingerprint density at radius 3 is 1.52 bits per heavy atom. The van der Waals surface area contributed by atoms with Gasteiger partial charge in [-0.2, -0.15) is 0 Å². The van der Waals surface area contributed by atoms with E-state index in [1.807, 2.05) is 27.7 Å². The van der Waals surface area contributed by atoms with Crippen LogP contribution in [0.15, 0.2) is 0 Å². The SMILES string of the molecule is C1CC[N-]CC1.CC.CC.CC(=O)CC1CC[N-]CC1.CCOC(=O)CC.[Y].[Y].